The molecule has 0 aliphatic carbocycles. The molecule has 0 unspecified atom stereocenters. The maximum atomic E-state index is 9.63. The third-order valence-corrected chi connectivity index (χ3v) is 5.27. The number of piperidine rings is 1. The molecule has 4 nitrogen and oxygen atoms in total. The Labute approximate surface area is 161 Å². The number of benzene rings is 2. The van der Waals surface area contributed by atoms with Crippen LogP contribution in [0.3, 0.4) is 0 Å². The topological polar surface area (TPSA) is 41.9 Å². The molecule has 0 spiro atoms. The second-order valence-corrected chi connectivity index (χ2v) is 7.32. The number of aromatic hydroxyl groups is 1. The van der Waals surface area contributed by atoms with E-state index in [-0.39, 0.29) is 5.75 Å². The lowest BCUT2D eigenvalue weighted by atomic mass is 10.0. The quantitative estimate of drug-likeness (QED) is 0.839. The standard InChI is InChI=1S/C23H27NO3/c25-20-8-6-19-7-11-22(27-23(19)17-20)16-18-4-9-21(10-5-18)26-15-14-24-12-2-1-3-13-24/h4-6,8-10,16-17,25H,1-3,7,11-15H2. The van der Waals surface area contributed by atoms with Crippen molar-refractivity contribution in [3.05, 3.63) is 59.4 Å². The van der Waals surface area contributed by atoms with E-state index in [4.69, 9.17) is 9.47 Å². The molecule has 2 aromatic carbocycles. The number of hydrogen-bond donors (Lipinski definition) is 1. The summed E-state index contributed by atoms with van der Waals surface area (Å²) < 4.78 is 11.8. The highest BCUT2D eigenvalue weighted by molar-refractivity contribution is 5.55. The molecule has 2 aliphatic rings. The summed E-state index contributed by atoms with van der Waals surface area (Å²) in [6.45, 7) is 4.16. The molecule has 0 amide bonds. The molecule has 1 fully saturated rings. The van der Waals surface area contributed by atoms with Crippen LogP contribution in [-0.4, -0.2) is 36.2 Å². The molecule has 1 N–H and O–H groups in total. The Kier molecular flexibility index (Phi) is 5.64. The number of ether oxygens (including phenoxy) is 2. The Balaban J connectivity index is 1.31. The van der Waals surface area contributed by atoms with Crippen LogP contribution < -0.4 is 9.47 Å². The minimum absolute atomic E-state index is 0.237. The van der Waals surface area contributed by atoms with Crippen molar-refractivity contribution in [2.24, 2.45) is 0 Å². The van der Waals surface area contributed by atoms with Gasteiger partial charge in [0.15, 0.2) is 0 Å². The first-order valence-electron chi connectivity index (χ1n) is 9.92. The zero-order valence-electron chi connectivity index (χ0n) is 15.7. The van der Waals surface area contributed by atoms with Crippen molar-refractivity contribution >= 4 is 6.08 Å². The molecule has 0 aromatic heterocycles. The Hall–Kier alpha value is -2.46. The Morgan fingerprint density at radius 2 is 1.81 bits per heavy atom. The van der Waals surface area contributed by atoms with Gasteiger partial charge in [0.1, 0.15) is 29.6 Å². The van der Waals surface area contributed by atoms with Gasteiger partial charge in [-0.05, 0) is 67.8 Å². The number of phenolic OH excluding ortho intramolecular Hbond substituents is 1. The largest absolute Gasteiger partial charge is 0.508 e. The molecular weight excluding hydrogens is 338 g/mol. The Morgan fingerprint density at radius 1 is 1.00 bits per heavy atom. The SMILES string of the molecule is Oc1ccc2c(c1)OC(=Cc1ccc(OCCN3CCCCC3)cc1)CC2. The molecule has 27 heavy (non-hydrogen) atoms. The second-order valence-electron chi connectivity index (χ2n) is 7.32. The molecule has 2 aromatic rings. The number of hydrogen-bond acceptors (Lipinski definition) is 4. The molecule has 142 valence electrons. The van der Waals surface area contributed by atoms with Gasteiger partial charge >= 0.3 is 0 Å². The molecule has 1 saturated heterocycles. The highest BCUT2D eigenvalue weighted by Gasteiger charge is 2.15. The van der Waals surface area contributed by atoms with Gasteiger partial charge in [-0.1, -0.05) is 24.6 Å². The summed E-state index contributed by atoms with van der Waals surface area (Å²) in [4.78, 5) is 2.48. The number of allylic oxidation sites excluding steroid dienone is 1. The number of phenols is 1. The van der Waals surface area contributed by atoms with E-state index < -0.39 is 0 Å². The third-order valence-electron chi connectivity index (χ3n) is 5.27. The Morgan fingerprint density at radius 3 is 2.63 bits per heavy atom. The molecule has 4 heteroatoms. The first-order valence-corrected chi connectivity index (χ1v) is 9.92. The van der Waals surface area contributed by atoms with Gasteiger partial charge in [-0.3, -0.25) is 4.90 Å². The second kappa shape index (κ2) is 8.49. The maximum absolute atomic E-state index is 9.63. The van der Waals surface area contributed by atoms with Crippen LogP contribution in [0, 0.1) is 0 Å². The molecule has 4 rings (SSSR count). The number of likely N-dealkylation sites (tertiary alicyclic amines) is 1. The van der Waals surface area contributed by atoms with E-state index in [2.05, 4.69) is 23.1 Å². The van der Waals surface area contributed by atoms with Gasteiger partial charge < -0.3 is 14.6 Å². The maximum Gasteiger partial charge on any atom is 0.133 e. The number of nitrogens with zero attached hydrogens (tertiary/aromatic N) is 1. The lowest BCUT2D eigenvalue weighted by Crippen LogP contribution is -2.33. The van der Waals surface area contributed by atoms with E-state index in [1.54, 1.807) is 12.1 Å². The number of rotatable bonds is 5. The monoisotopic (exact) mass is 365 g/mol. The smallest absolute Gasteiger partial charge is 0.133 e. The minimum Gasteiger partial charge on any atom is -0.508 e. The molecule has 2 heterocycles. The molecule has 0 radical (unpaired) electrons. The van der Waals surface area contributed by atoms with Crippen LogP contribution in [0.1, 0.15) is 36.8 Å². The lowest BCUT2D eigenvalue weighted by Gasteiger charge is -2.26. The van der Waals surface area contributed by atoms with Crippen LogP contribution in [0.25, 0.3) is 6.08 Å². The summed E-state index contributed by atoms with van der Waals surface area (Å²) in [5.41, 5.74) is 2.24. The van der Waals surface area contributed by atoms with E-state index in [0.717, 1.165) is 54.4 Å². The third kappa shape index (κ3) is 4.83. The van der Waals surface area contributed by atoms with Gasteiger partial charge in [0.2, 0.25) is 0 Å². The highest BCUT2D eigenvalue weighted by atomic mass is 16.5. The summed E-state index contributed by atoms with van der Waals surface area (Å²) in [6, 6.07) is 13.5. The zero-order valence-corrected chi connectivity index (χ0v) is 15.7. The molecular formula is C23H27NO3. The van der Waals surface area contributed by atoms with Gasteiger partial charge in [0.05, 0.1) is 0 Å². The summed E-state index contributed by atoms with van der Waals surface area (Å²) in [5.74, 6) is 2.83. The first-order chi connectivity index (χ1) is 13.3. The van der Waals surface area contributed by atoms with Crippen LogP contribution in [0.4, 0.5) is 0 Å². The number of aryl methyl sites for hydroxylation is 1. The van der Waals surface area contributed by atoms with Crippen molar-refractivity contribution in [2.45, 2.75) is 32.1 Å². The average Bonchev–Trinajstić information content (AvgIpc) is 2.70. The predicted molar refractivity (Wildman–Crippen MR) is 107 cm³/mol. The zero-order chi connectivity index (χ0) is 18.5. The van der Waals surface area contributed by atoms with E-state index >= 15 is 0 Å². The van der Waals surface area contributed by atoms with Crippen molar-refractivity contribution in [2.75, 3.05) is 26.2 Å². The van der Waals surface area contributed by atoms with Crippen molar-refractivity contribution in [3.63, 3.8) is 0 Å². The van der Waals surface area contributed by atoms with Crippen LogP contribution in [-0.2, 0) is 6.42 Å². The molecule has 0 atom stereocenters. The fourth-order valence-corrected chi connectivity index (χ4v) is 3.72. The summed E-state index contributed by atoms with van der Waals surface area (Å²) >= 11 is 0. The normalized spacial score (nSPS) is 18.7. The van der Waals surface area contributed by atoms with E-state index in [0.29, 0.717) is 0 Å². The van der Waals surface area contributed by atoms with Crippen molar-refractivity contribution in [3.8, 4) is 17.2 Å². The fraction of sp³-hybridized carbons (Fsp3) is 0.391. The lowest BCUT2D eigenvalue weighted by molar-refractivity contribution is 0.183. The molecule has 0 bridgehead atoms. The fourth-order valence-electron chi connectivity index (χ4n) is 3.72. The van der Waals surface area contributed by atoms with Crippen LogP contribution in [0.2, 0.25) is 0 Å². The van der Waals surface area contributed by atoms with Gasteiger partial charge in [-0.15, -0.1) is 0 Å². The average molecular weight is 365 g/mol. The van der Waals surface area contributed by atoms with Crippen LogP contribution >= 0.6 is 0 Å². The highest BCUT2D eigenvalue weighted by Crippen LogP contribution is 2.33. The van der Waals surface area contributed by atoms with Gasteiger partial charge in [0, 0.05) is 19.0 Å². The van der Waals surface area contributed by atoms with Crippen molar-refractivity contribution in [1.82, 2.24) is 4.90 Å². The number of fused-ring (bicyclic) bond motifs is 1. The van der Waals surface area contributed by atoms with E-state index in [9.17, 15) is 5.11 Å². The Bertz CT molecular complexity index is 792. The summed E-state index contributed by atoms with van der Waals surface area (Å²) in [7, 11) is 0. The summed E-state index contributed by atoms with van der Waals surface area (Å²) in [6.07, 6.45) is 7.85. The minimum atomic E-state index is 0.237. The van der Waals surface area contributed by atoms with Crippen LogP contribution in [0.15, 0.2) is 48.2 Å². The summed E-state index contributed by atoms with van der Waals surface area (Å²) in [5, 5.41) is 9.63. The van der Waals surface area contributed by atoms with E-state index in [1.807, 2.05) is 18.2 Å². The van der Waals surface area contributed by atoms with Gasteiger partial charge in [-0.2, -0.15) is 0 Å². The van der Waals surface area contributed by atoms with Crippen molar-refractivity contribution in [1.29, 1.82) is 0 Å². The van der Waals surface area contributed by atoms with Crippen LogP contribution in [0.5, 0.6) is 17.2 Å². The molecule has 0 saturated carbocycles. The predicted octanol–water partition coefficient (Wildman–Crippen LogP) is 4.62. The van der Waals surface area contributed by atoms with Gasteiger partial charge in [-0.25, -0.2) is 0 Å². The first kappa shape index (κ1) is 17.9. The molecule has 2 aliphatic heterocycles. The van der Waals surface area contributed by atoms with Gasteiger partial charge in [0.25, 0.3) is 0 Å². The van der Waals surface area contributed by atoms with Crippen molar-refractivity contribution < 1.29 is 14.6 Å². The van der Waals surface area contributed by atoms with E-state index in [1.165, 1.54) is 32.4 Å².